The molecule has 1 aromatic heterocycles. The number of hydrogen-bond donors (Lipinski definition) is 1. The van der Waals surface area contributed by atoms with Crippen LogP contribution < -0.4 is 5.32 Å². The SMILES string of the molecule is O=C(CNC(=O)c1sc2ccccc2c1Cl)OCc1cccc(F)c1. The average molecular weight is 378 g/mol. The van der Waals surface area contributed by atoms with Gasteiger partial charge in [-0.05, 0) is 23.8 Å². The van der Waals surface area contributed by atoms with Gasteiger partial charge in [0.25, 0.3) is 5.91 Å². The highest BCUT2D eigenvalue weighted by molar-refractivity contribution is 7.21. The first-order valence-electron chi connectivity index (χ1n) is 7.40. The largest absolute Gasteiger partial charge is 0.460 e. The molecule has 1 amide bonds. The predicted molar refractivity (Wildman–Crippen MR) is 95.4 cm³/mol. The van der Waals surface area contributed by atoms with Crippen molar-refractivity contribution >= 4 is 44.9 Å². The first-order valence-corrected chi connectivity index (χ1v) is 8.59. The smallest absolute Gasteiger partial charge is 0.325 e. The molecule has 0 saturated carbocycles. The van der Waals surface area contributed by atoms with Crippen molar-refractivity contribution in [3.05, 3.63) is 69.8 Å². The lowest BCUT2D eigenvalue weighted by Crippen LogP contribution is -2.30. The summed E-state index contributed by atoms with van der Waals surface area (Å²) in [4.78, 5) is 24.3. The summed E-state index contributed by atoms with van der Waals surface area (Å²) in [7, 11) is 0. The van der Waals surface area contributed by atoms with Gasteiger partial charge < -0.3 is 10.1 Å². The van der Waals surface area contributed by atoms with E-state index in [0.717, 1.165) is 10.1 Å². The third kappa shape index (κ3) is 4.15. The van der Waals surface area contributed by atoms with E-state index in [0.29, 0.717) is 15.5 Å². The molecule has 25 heavy (non-hydrogen) atoms. The number of esters is 1. The standard InChI is InChI=1S/C18H13ClFNO3S/c19-16-13-6-1-2-7-14(13)25-17(16)18(23)21-9-15(22)24-10-11-4-3-5-12(20)8-11/h1-8H,9-10H2,(H,21,23). The van der Waals surface area contributed by atoms with Crippen LogP contribution in [0.2, 0.25) is 5.02 Å². The lowest BCUT2D eigenvalue weighted by Gasteiger charge is -2.06. The van der Waals surface area contributed by atoms with Crippen molar-refractivity contribution in [3.63, 3.8) is 0 Å². The Bertz CT molecular complexity index is 941. The maximum atomic E-state index is 13.1. The van der Waals surface area contributed by atoms with Crippen molar-refractivity contribution < 1.29 is 18.7 Å². The van der Waals surface area contributed by atoms with Crippen LogP contribution in [0.15, 0.2) is 48.5 Å². The molecule has 0 saturated heterocycles. The topological polar surface area (TPSA) is 55.4 Å². The Hall–Kier alpha value is -2.44. The normalized spacial score (nSPS) is 10.6. The number of nitrogens with one attached hydrogen (secondary N) is 1. The predicted octanol–water partition coefficient (Wildman–Crippen LogP) is 4.17. The van der Waals surface area contributed by atoms with Gasteiger partial charge in [-0.1, -0.05) is 41.9 Å². The van der Waals surface area contributed by atoms with Crippen LogP contribution in [0, 0.1) is 5.82 Å². The molecule has 0 aliphatic carbocycles. The molecule has 0 bridgehead atoms. The van der Waals surface area contributed by atoms with Crippen molar-refractivity contribution in [1.29, 1.82) is 0 Å². The molecular weight excluding hydrogens is 365 g/mol. The van der Waals surface area contributed by atoms with Gasteiger partial charge in [0.15, 0.2) is 0 Å². The lowest BCUT2D eigenvalue weighted by atomic mass is 10.2. The third-order valence-corrected chi connectivity index (χ3v) is 5.10. The number of benzene rings is 2. The van der Waals surface area contributed by atoms with E-state index in [9.17, 15) is 14.0 Å². The Morgan fingerprint density at radius 1 is 1.16 bits per heavy atom. The fourth-order valence-corrected chi connectivity index (χ4v) is 3.67. The molecule has 2 aromatic carbocycles. The van der Waals surface area contributed by atoms with Crippen LogP contribution in [-0.4, -0.2) is 18.4 Å². The fourth-order valence-electron chi connectivity index (χ4n) is 2.23. The number of halogens is 2. The molecule has 0 atom stereocenters. The van der Waals surface area contributed by atoms with E-state index in [1.807, 2.05) is 24.3 Å². The van der Waals surface area contributed by atoms with Gasteiger partial charge >= 0.3 is 5.97 Å². The molecular formula is C18H13ClFNO3S. The summed E-state index contributed by atoms with van der Waals surface area (Å²) in [5, 5.41) is 3.65. The quantitative estimate of drug-likeness (QED) is 0.679. The fraction of sp³-hybridized carbons (Fsp3) is 0.111. The Balaban J connectivity index is 1.56. The second-order valence-corrected chi connectivity index (χ2v) is 6.64. The van der Waals surface area contributed by atoms with Gasteiger partial charge in [0.1, 0.15) is 23.8 Å². The number of rotatable bonds is 5. The monoisotopic (exact) mass is 377 g/mol. The number of hydrogen-bond acceptors (Lipinski definition) is 4. The molecule has 128 valence electrons. The summed E-state index contributed by atoms with van der Waals surface area (Å²) in [6, 6.07) is 13.2. The van der Waals surface area contributed by atoms with Crippen LogP contribution >= 0.6 is 22.9 Å². The van der Waals surface area contributed by atoms with Crippen molar-refractivity contribution in [2.45, 2.75) is 6.61 Å². The van der Waals surface area contributed by atoms with E-state index in [1.54, 1.807) is 6.07 Å². The Morgan fingerprint density at radius 3 is 2.72 bits per heavy atom. The number of fused-ring (bicyclic) bond motifs is 1. The summed E-state index contributed by atoms with van der Waals surface area (Å²) in [5.74, 6) is -1.45. The Kier molecular flexibility index (Phi) is 5.31. The van der Waals surface area contributed by atoms with E-state index in [4.69, 9.17) is 16.3 Å². The zero-order chi connectivity index (χ0) is 17.8. The van der Waals surface area contributed by atoms with E-state index in [-0.39, 0.29) is 13.2 Å². The van der Waals surface area contributed by atoms with Crippen molar-refractivity contribution in [2.75, 3.05) is 6.54 Å². The maximum absolute atomic E-state index is 13.1. The van der Waals surface area contributed by atoms with E-state index >= 15 is 0 Å². The number of amides is 1. The van der Waals surface area contributed by atoms with Gasteiger partial charge in [0.2, 0.25) is 0 Å². The van der Waals surface area contributed by atoms with Gasteiger partial charge in [0.05, 0.1) is 5.02 Å². The number of ether oxygens (including phenoxy) is 1. The minimum atomic E-state index is -0.616. The Morgan fingerprint density at radius 2 is 1.96 bits per heavy atom. The van der Waals surface area contributed by atoms with Crippen molar-refractivity contribution in [3.8, 4) is 0 Å². The molecule has 3 rings (SSSR count). The highest BCUT2D eigenvalue weighted by Crippen LogP contribution is 2.34. The molecule has 4 nitrogen and oxygen atoms in total. The van der Waals surface area contributed by atoms with Crippen LogP contribution in [0.3, 0.4) is 0 Å². The summed E-state index contributed by atoms with van der Waals surface area (Å²) < 4.78 is 19.0. The van der Waals surface area contributed by atoms with E-state index < -0.39 is 17.7 Å². The first-order chi connectivity index (χ1) is 12.0. The van der Waals surface area contributed by atoms with Crippen LogP contribution in [0.4, 0.5) is 4.39 Å². The molecule has 1 heterocycles. The summed E-state index contributed by atoms with van der Waals surface area (Å²) in [6.07, 6.45) is 0. The van der Waals surface area contributed by atoms with E-state index in [1.165, 1.54) is 29.5 Å². The second-order valence-electron chi connectivity index (χ2n) is 5.21. The molecule has 0 radical (unpaired) electrons. The van der Waals surface area contributed by atoms with Crippen molar-refractivity contribution in [1.82, 2.24) is 5.32 Å². The van der Waals surface area contributed by atoms with Gasteiger partial charge in [-0.25, -0.2) is 4.39 Å². The van der Waals surface area contributed by atoms with Crippen molar-refractivity contribution in [2.24, 2.45) is 0 Å². The van der Waals surface area contributed by atoms with Gasteiger partial charge in [-0.3, -0.25) is 9.59 Å². The minimum absolute atomic E-state index is 0.0594. The molecule has 0 unspecified atom stereocenters. The minimum Gasteiger partial charge on any atom is -0.460 e. The lowest BCUT2D eigenvalue weighted by molar-refractivity contribution is -0.143. The van der Waals surface area contributed by atoms with Gasteiger partial charge in [-0.2, -0.15) is 0 Å². The molecule has 7 heteroatoms. The molecule has 0 spiro atoms. The molecule has 0 fully saturated rings. The molecule has 0 aliphatic rings. The third-order valence-electron chi connectivity index (χ3n) is 3.42. The van der Waals surface area contributed by atoms with Gasteiger partial charge in [0, 0.05) is 10.1 Å². The number of carbonyl (C=O) groups excluding carboxylic acids is 2. The molecule has 3 aromatic rings. The average Bonchev–Trinajstić information content (AvgIpc) is 2.95. The second kappa shape index (κ2) is 7.63. The van der Waals surface area contributed by atoms with Crippen LogP contribution in [0.5, 0.6) is 0 Å². The zero-order valence-corrected chi connectivity index (χ0v) is 14.5. The maximum Gasteiger partial charge on any atom is 0.325 e. The molecule has 0 aliphatic heterocycles. The number of thiophene rings is 1. The van der Waals surface area contributed by atoms with Crippen LogP contribution in [0.25, 0.3) is 10.1 Å². The summed E-state index contributed by atoms with van der Waals surface area (Å²) in [6.45, 7) is -0.352. The highest BCUT2D eigenvalue weighted by atomic mass is 35.5. The van der Waals surface area contributed by atoms with Crippen LogP contribution in [0.1, 0.15) is 15.2 Å². The zero-order valence-electron chi connectivity index (χ0n) is 12.9. The van der Waals surface area contributed by atoms with E-state index in [2.05, 4.69) is 5.32 Å². The molecule has 1 N–H and O–H groups in total. The van der Waals surface area contributed by atoms with Gasteiger partial charge in [-0.15, -0.1) is 11.3 Å². The number of carbonyl (C=O) groups is 2. The summed E-state index contributed by atoms with van der Waals surface area (Å²) >= 11 is 7.48. The van der Waals surface area contributed by atoms with Crippen LogP contribution in [-0.2, 0) is 16.1 Å². The highest BCUT2D eigenvalue weighted by Gasteiger charge is 2.17. The Labute approximate surface area is 152 Å². The first kappa shape index (κ1) is 17.4. The summed E-state index contributed by atoms with van der Waals surface area (Å²) in [5.41, 5.74) is 0.534.